The normalized spacial score (nSPS) is 13.7. The Morgan fingerprint density at radius 2 is 2.17 bits per heavy atom. The maximum atomic E-state index is 5.99. The first-order valence-corrected chi connectivity index (χ1v) is 5.42. The average molecular weight is 183 g/mol. The number of hydrogen-bond donors (Lipinski definition) is 1. The zero-order valence-corrected chi connectivity index (χ0v) is 8.60. The Labute approximate surface area is 78.6 Å². The maximum Gasteiger partial charge on any atom is 0.0303 e. The van der Waals surface area contributed by atoms with Gasteiger partial charge < -0.3 is 5.73 Å². The second-order valence-electron chi connectivity index (χ2n) is 3.63. The molecule has 1 unspecified atom stereocenters. The van der Waals surface area contributed by atoms with Crippen LogP contribution in [0.5, 0.6) is 0 Å². The van der Waals surface area contributed by atoms with Crippen LogP contribution in [0.15, 0.2) is 16.8 Å². The first kappa shape index (κ1) is 9.75. The quantitative estimate of drug-likeness (QED) is 0.762. The van der Waals surface area contributed by atoms with Crippen molar-refractivity contribution in [1.29, 1.82) is 0 Å². The first-order valence-electron chi connectivity index (χ1n) is 4.48. The van der Waals surface area contributed by atoms with Crippen molar-refractivity contribution >= 4 is 11.3 Å². The van der Waals surface area contributed by atoms with Gasteiger partial charge in [0.05, 0.1) is 0 Å². The molecule has 2 N–H and O–H groups in total. The molecule has 1 atom stereocenters. The molecule has 0 aliphatic carbocycles. The Bertz CT molecular complexity index is 204. The minimum atomic E-state index is 0.249. The number of thiophene rings is 1. The fraction of sp³-hybridized carbons (Fsp3) is 0.600. The van der Waals surface area contributed by atoms with Crippen LogP contribution in [0.2, 0.25) is 0 Å². The van der Waals surface area contributed by atoms with Gasteiger partial charge in [0.1, 0.15) is 0 Å². The summed E-state index contributed by atoms with van der Waals surface area (Å²) in [5.41, 5.74) is 7.29. The summed E-state index contributed by atoms with van der Waals surface area (Å²) in [6, 6.07) is 2.37. The van der Waals surface area contributed by atoms with Crippen molar-refractivity contribution < 1.29 is 0 Å². The van der Waals surface area contributed by atoms with Crippen molar-refractivity contribution in [2.24, 2.45) is 11.7 Å². The second kappa shape index (κ2) is 4.63. The van der Waals surface area contributed by atoms with Crippen LogP contribution in [0.1, 0.15) is 38.3 Å². The molecule has 1 aromatic heterocycles. The minimum Gasteiger partial charge on any atom is -0.324 e. The molecule has 0 saturated heterocycles. The smallest absolute Gasteiger partial charge is 0.0303 e. The third-order valence-electron chi connectivity index (χ3n) is 2.03. The van der Waals surface area contributed by atoms with Gasteiger partial charge in [0.25, 0.3) is 0 Å². The lowest BCUT2D eigenvalue weighted by molar-refractivity contribution is 0.508. The molecule has 0 aliphatic rings. The average Bonchev–Trinajstić information content (AvgIpc) is 2.51. The van der Waals surface area contributed by atoms with E-state index in [0.29, 0.717) is 0 Å². The lowest BCUT2D eigenvalue weighted by Gasteiger charge is -2.10. The Balaban J connectivity index is 2.34. The third kappa shape index (κ3) is 2.95. The highest BCUT2D eigenvalue weighted by Gasteiger charge is 2.06. The third-order valence-corrected chi connectivity index (χ3v) is 2.73. The first-order chi connectivity index (χ1) is 5.70. The Morgan fingerprint density at radius 3 is 2.67 bits per heavy atom. The molecule has 0 fully saturated rings. The molecular formula is C10H17NS. The maximum absolute atomic E-state index is 5.99. The second-order valence-corrected chi connectivity index (χ2v) is 4.41. The molecule has 1 heterocycles. The Morgan fingerprint density at radius 1 is 1.42 bits per heavy atom. The summed E-state index contributed by atoms with van der Waals surface area (Å²) in [6.07, 6.45) is 2.32. The zero-order chi connectivity index (χ0) is 8.97. The highest BCUT2D eigenvalue weighted by Crippen LogP contribution is 2.20. The van der Waals surface area contributed by atoms with Crippen LogP contribution in [0.4, 0.5) is 0 Å². The predicted octanol–water partition coefficient (Wildman–Crippen LogP) is 3.18. The van der Waals surface area contributed by atoms with Gasteiger partial charge in [-0.15, -0.1) is 0 Å². The predicted molar refractivity (Wildman–Crippen MR) is 55.3 cm³/mol. The molecule has 1 rings (SSSR count). The topological polar surface area (TPSA) is 26.0 Å². The molecule has 0 saturated carbocycles. The Hall–Kier alpha value is -0.340. The van der Waals surface area contributed by atoms with Gasteiger partial charge in [-0.2, -0.15) is 11.3 Å². The van der Waals surface area contributed by atoms with Gasteiger partial charge in [0, 0.05) is 6.04 Å². The van der Waals surface area contributed by atoms with Gasteiger partial charge in [-0.3, -0.25) is 0 Å². The van der Waals surface area contributed by atoms with Crippen molar-refractivity contribution in [3.63, 3.8) is 0 Å². The fourth-order valence-corrected chi connectivity index (χ4v) is 1.89. The largest absolute Gasteiger partial charge is 0.324 e. The lowest BCUT2D eigenvalue weighted by atomic mass is 10.0. The molecule has 0 spiro atoms. The molecule has 0 bridgehead atoms. The van der Waals surface area contributed by atoms with Crippen molar-refractivity contribution in [3.8, 4) is 0 Å². The van der Waals surface area contributed by atoms with E-state index in [4.69, 9.17) is 5.73 Å². The van der Waals surface area contributed by atoms with Gasteiger partial charge in [-0.1, -0.05) is 13.8 Å². The van der Waals surface area contributed by atoms with E-state index in [0.717, 1.165) is 12.3 Å². The number of nitrogens with two attached hydrogens (primary N) is 1. The van der Waals surface area contributed by atoms with Crippen LogP contribution < -0.4 is 5.73 Å². The van der Waals surface area contributed by atoms with E-state index >= 15 is 0 Å². The van der Waals surface area contributed by atoms with E-state index in [2.05, 4.69) is 30.7 Å². The summed E-state index contributed by atoms with van der Waals surface area (Å²) in [7, 11) is 0. The molecule has 0 radical (unpaired) electrons. The molecule has 0 aromatic carbocycles. The van der Waals surface area contributed by atoms with Crippen molar-refractivity contribution in [3.05, 3.63) is 22.4 Å². The van der Waals surface area contributed by atoms with E-state index in [1.807, 2.05) is 0 Å². The van der Waals surface area contributed by atoms with Gasteiger partial charge in [0.2, 0.25) is 0 Å². The molecule has 0 amide bonds. The Kier molecular flexibility index (Phi) is 3.76. The van der Waals surface area contributed by atoms with E-state index in [9.17, 15) is 0 Å². The van der Waals surface area contributed by atoms with Crippen LogP contribution >= 0.6 is 11.3 Å². The molecule has 2 heteroatoms. The highest BCUT2D eigenvalue weighted by atomic mass is 32.1. The van der Waals surface area contributed by atoms with Crippen LogP contribution in [-0.4, -0.2) is 0 Å². The standard InChI is InChI=1S/C10H17NS/c1-8(2)3-4-10(11)9-5-6-12-7-9/h5-8,10H,3-4,11H2,1-2H3. The van der Waals surface area contributed by atoms with Crippen LogP contribution in [0.3, 0.4) is 0 Å². The monoisotopic (exact) mass is 183 g/mol. The molecular weight excluding hydrogens is 166 g/mol. The number of rotatable bonds is 4. The van der Waals surface area contributed by atoms with Crippen molar-refractivity contribution in [1.82, 2.24) is 0 Å². The fourth-order valence-electron chi connectivity index (χ4n) is 1.17. The van der Waals surface area contributed by atoms with Crippen molar-refractivity contribution in [2.45, 2.75) is 32.7 Å². The van der Waals surface area contributed by atoms with Crippen LogP contribution in [0.25, 0.3) is 0 Å². The van der Waals surface area contributed by atoms with Crippen LogP contribution in [0, 0.1) is 5.92 Å². The summed E-state index contributed by atoms with van der Waals surface area (Å²) in [5.74, 6) is 0.759. The minimum absolute atomic E-state index is 0.249. The summed E-state index contributed by atoms with van der Waals surface area (Å²) in [4.78, 5) is 0. The molecule has 1 nitrogen and oxygen atoms in total. The summed E-state index contributed by atoms with van der Waals surface area (Å²) in [6.45, 7) is 4.47. The van der Waals surface area contributed by atoms with E-state index in [-0.39, 0.29) is 6.04 Å². The summed E-state index contributed by atoms with van der Waals surface area (Å²) < 4.78 is 0. The zero-order valence-electron chi connectivity index (χ0n) is 7.79. The van der Waals surface area contributed by atoms with E-state index in [1.54, 1.807) is 11.3 Å². The van der Waals surface area contributed by atoms with E-state index in [1.165, 1.54) is 12.0 Å². The van der Waals surface area contributed by atoms with Crippen LogP contribution in [-0.2, 0) is 0 Å². The molecule has 0 aliphatic heterocycles. The van der Waals surface area contributed by atoms with Crippen molar-refractivity contribution in [2.75, 3.05) is 0 Å². The lowest BCUT2D eigenvalue weighted by Crippen LogP contribution is -2.09. The van der Waals surface area contributed by atoms with Gasteiger partial charge in [-0.25, -0.2) is 0 Å². The highest BCUT2D eigenvalue weighted by molar-refractivity contribution is 7.07. The summed E-state index contributed by atoms with van der Waals surface area (Å²) in [5, 5.41) is 4.23. The molecule has 1 aromatic rings. The summed E-state index contributed by atoms with van der Waals surface area (Å²) >= 11 is 1.72. The van der Waals surface area contributed by atoms with Gasteiger partial charge in [0.15, 0.2) is 0 Å². The number of hydrogen-bond acceptors (Lipinski definition) is 2. The van der Waals surface area contributed by atoms with Gasteiger partial charge >= 0.3 is 0 Å². The van der Waals surface area contributed by atoms with Gasteiger partial charge in [-0.05, 0) is 41.1 Å². The molecule has 68 valence electrons. The van der Waals surface area contributed by atoms with E-state index < -0.39 is 0 Å². The SMILES string of the molecule is CC(C)CCC(N)c1ccsc1. The molecule has 12 heavy (non-hydrogen) atoms.